The summed E-state index contributed by atoms with van der Waals surface area (Å²) in [6.07, 6.45) is 0. The van der Waals surface area contributed by atoms with Crippen LogP contribution in [0.5, 0.6) is 0 Å². The largest absolute Gasteiger partial charge is 0.366 e. The first-order chi connectivity index (χ1) is 13.4. The van der Waals surface area contributed by atoms with Gasteiger partial charge in [0.2, 0.25) is 5.52 Å². The molecule has 2 heterocycles. The number of non-ortho nitro benzene ring substituents is 1. The molecule has 0 unspecified atom stereocenters. The zero-order chi connectivity index (χ0) is 20.0. The monoisotopic (exact) mass is 394 g/mol. The Morgan fingerprint density at radius 1 is 1.25 bits per heavy atom. The molecule has 0 saturated heterocycles. The SMILES string of the molecule is C=C(c1c(-c2ccccc2)n(C)oc1=O)c1sc2cc([N+](=O)[O-])ccc2[n+]1C. The summed E-state index contributed by atoms with van der Waals surface area (Å²) in [5, 5.41) is 11.8. The molecule has 0 aliphatic carbocycles. The number of benzene rings is 2. The summed E-state index contributed by atoms with van der Waals surface area (Å²) in [5.41, 5.74) is 2.74. The molecule has 0 aliphatic rings. The highest BCUT2D eigenvalue weighted by atomic mass is 32.1. The van der Waals surface area contributed by atoms with Crippen LogP contribution >= 0.6 is 11.3 Å². The van der Waals surface area contributed by atoms with E-state index in [1.165, 1.54) is 28.2 Å². The number of aryl methyl sites for hydroxylation is 2. The minimum absolute atomic E-state index is 0.0238. The van der Waals surface area contributed by atoms with Gasteiger partial charge in [-0.1, -0.05) is 48.2 Å². The minimum Gasteiger partial charge on any atom is -0.335 e. The van der Waals surface area contributed by atoms with E-state index in [1.54, 1.807) is 13.1 Å². The van der Waals surface area contributed by atoms with Gasteiger partial charge in [0, 0.05) is 30.8 Å². The molecule has 0 bridgehead atoms. The number of thiazole rings is 1. The van der Waals surface area contributed by atoms with Gasteiger partial charge in [-0.25, -0.2) is 9.53 Å². The van der Waals surface area contributed by atoms with E-state index in [0.29, 0.717) is 16.8 Å². The molecule has 0 radical (unpaired) electrons. The van der Waals surface area contributed by atoms with Gasteiger partial charge in [0.15, 0.2) is 0 Å². The van der Waals surface area contributed by atoms with Gasteiger partial charge in [0.05, 0.1) is 16.2 Å². The lowest BCUT2D eigenvalue weighted by atomic mass is 10.0. The average Bonchev–Trinajstić information content (AvgIpc) is 3.17. The number of nitrogens with zero attached hydrogens (tertiary/aromatic N) is 3. The summed E-state index contributed by atoms with van der Waals surface area (Å²) < 4.78 is 9.38. The van der Waals surface area contributed by atoms with E-state index in [2.05, 4.69) is 6.58 Å². The molecule has 0 N–H and O–H groups in total. The second kappa shape index (κ2) is 6.58. The molecule has 0 spiro atoms. The standard InChI is InChI=1S/C20H16N3O4S/c1-12(17-18(22(3)27-20(17)24)13-7-5-4-6-8-13)19-21(2)15-10-9-14(23(25)26)11-16(15)28-19/h4-11H,1H2,2-3H3/q+1. The molecular formula is C20H16N3O4S+. The molecule has 0 fully saturated rings. The van der Waals surface area contributed by atoms with E-state index in [4.69, 9.17) is 4.52 Å². The summed E-state index contributed by atoms with van der Waals surface area (Å²) in [6.45, 7) is 4.15. The maximum Gasteiger partial charge on any atom is 0.366 e. The van der Waals surface area contributed by atoms with E-state index in [0.717, 1.165) is 20.8 Å². The Morgan fingerprint density at radius 2 is 1.96 bits per heavy atom. The lowest BCUT2D eigenvalue weighted by molar-refractivity contribution is -0.642. The highest BCUT2D eigenvalue weighted by Crippen LogP contribution is 2.33. The molecule has 2 aromatic heterocycles. The van der Waals surface area contributed by atoms with Crippen molar-refractivity contribution in [2.75, 3.05) is 0 Å². The molecule has 140 valence electrons. The maximum absolute atomic E-state index is 12.6. The van der Waals surface area contributed by atoms with Crippen LogP contribution in [0.2, 0.25) is 0 Å². The van der Waals surface area contributed by atoms with Crippen LogP contribution in [0.4, 0.5) is 5.69 Å². The zero-order valence-electron chi connectivity index (χ0n) is 15.2. The first-order valence-corrected chi connectivity index (χ1v) is 9.22. The quantitative estimate of drug-likeness (QED) is 0.300. The Morgan fingerprint density at radius 3 is 2.64 bits per heavy atom. The van der Waals surface area contributed by atoms with Crippen LogP contribution in [0.3, 0.4) is 0 Å². The summed E-state index contributed by atoms with van der Waals surface area (Å²) in [5.74, 6) is 0. The molecule has 28 heavy (non-hydrogen) atoms. The molecule has 7 nitrogen and oxygen atoms in total. The van der Waals surface area contributed by atoms with Crippen molar-refractivity contribution < 1.29 is 14.0 Å². The van der Waals surface area contributed by atoms with E-state index >= 15 is 0 Å². The van der Waals surface area contributed by atoms with Crippen LogP contribution in [0.15, 0.2) is 64.4 Å². The van der Waals surface area contributed by atoms with Gasteiger partial charge in [0.1, 0.15) is 17.3 Å². The highest BCUT2D eigenvalue weighted by molar-refractivity contribution is 7.19. The predicted octanol–water partition coefficient (Wildman–Crippen LogP) is 3.65. The molecule has 8 heteroatoms. The van der Waals surface area contributed by atoms with E-state index in [1.807, 2.05) is 41.9 Å². The van der Waals surface area contributed by atoms with Crippen molar-refractivity contribution >= 4 is 32.8 Å². The van der Waals surface area contributed by atoms with Crippen LogP contribution in [-0.2, 0) is 14.1 Å². The molecule has 0 atom stereocenters. The smallest absolute Gasteiger partial charge is 0.335 e. The molecular weight excluding hydrogens is 378 g/mol. The number of hydrogen-bond acceptors (Lipinski definition) is 5. The second-order valence-electron chi connectivity index (χ2n) is 6.32. The van der Waals surface area contributed by atoms with Gasteiger partial charge >= 0.3 is 5.63 Å². The summed E-state index contributed by atoms with van der Waals surface area (Å²) in [4.78, 5) is 23.2. The summed E-state index contributed by atoms with van der Waals surface area (Å²) in [6, 6.07) is 14.2. The van der Waals surface area contributed by atoms with Crippen molar-refractivity contribution in [1.82, 2.24) is 4.74 Å². The van der Waals surface area contributed by atoms with Crippen LogP contribution < -0.4 is 10.2 Å². The van der Waals surface area contributed by atoms with Crippen molar-refractivity contribution in [3.05, 3.63) is 86.2 Å². The number of aromatic nitrogens is 2. The van der Waals surface area contributed by atoms with Crippen LogP contribution in [0.25, 0.3) is 27.0 Å². The van der Waals surface area contributed by atoms with Crippen LogP contribution in [0.1, 0.15) is 10.6 Å². The maximum atomic E-state index is 12.6. The van der Waals surface area contributed by atoms with Gasteiger partial charge in [-0.05, 0) is 0 Å². The van der Waals surface area contributed by atoms with E-state index in [-0.39, 0.29) is 5.69 Å². The van der Waals surface area contributed by atoms with Crippen molar-refractivity contribution in [2.24, 2.45) is 14.1 Å². The average molecular weight is 394 g/mol. The number of fused-ring (bicyclic) bond motifs is 1. The fraction of sp³-hybridized carbons (Fsp3) is 0.100. The highest BCUT2D eigenvalue weighted by Gasteiger charge is 2.28. The van der Waals surface area contributed by atoms with Crippen molar-refractivity contribution in [3.8, 4) is 11.3 Å². The van der Waals surface area contributed by atoms with E-state index < -0.39 is 10.5 Å². The lowest BCUT2D eigenvalue weighted by Crippen LogP contribution is -2.30. The van der Waals surface area contributed by atoms with Gasteiger partial charge in [0.25, 0.3) is 10.7 Å². The fourth-order valence-electron chi connectivity index (χ4n) is 3.29. The third kappa shape index (κ3) is 2.74. The Hall–Kier alpha value is -3.52. The normalized spacial score (nSPS) is 11.1. The van der Waals surface area contributed by atoms with Crippen molar-refractivity contribution in [1.29, 1.82) is 0 Å². The zero-order valence-corrected chi connectivity index (χ0v) is 16.0. The van der Waals surface area contributed by atoms with Gasteiger partial charge in [-0.15, -0.1) is 0 Å². The minimum atomic E-state index is -0.477. The second-order valence-corrected chi connectivity index (χ2v) is 7.35. The van der Waals surface area contributed by atoms with Crippen molar-refractivity contribution in [3.63, 3.8) is 0 Å². The number of nitro benzene ring substituents is 1. The summed E-state index contributed by atoms with van der Waals surface area (Å²) >= 11 is 1.35. The number of rotatable bonds is 4. The molecule has 0 amide bonds. The van der Waals surface area contributed by atoms with E-state index in [9.17, 15) is 14.9 Å². The topological polar surface area (TPSA) is 82.2 Å². The predicted molar refractivity (Wildman–Crippen MR) is 107 cm³/mol. The van der Waals surface area contributed by atoms with Crippen LogP contribution in [0, 0.1) is 10.1 Å². The first-order valence-electron chi connectivity index (χ1n) is 8.41. The van der Waals surface area contributed by atoms with Gasteiger partial charge in [-0.3, -0.25) is 10.1 Å². The van der Waals surface area contributed by atoms with Gasteiger partial charge in [-0.2, -0.15) is 4.57 Å². The van der Waals surface area contributed by atoms with Crippen molar-refractivity contribution in [2.45, 2.75) is 0 Å². The Kier molecular flexibility index (Phi) is 4.20. The fourth-order valence-corrected chi connectivity index (χ4v) is 4.44. The lowest BCUT2D eigenvalue weighted by Gasteiger charge is -2.04. The molecule has 4 rings (SSSR count). The van der Waals surface area contributed by atoms with Crippen LogP contribution in [-0.4, -0.2) is 9.66 Å². The third-order valence-electron chi connectivity index (χ3n) is 4.61. The first kappa shape index (κ1) is 17.9. The third-order valence-corrected chi connectivity index (χ3v) is 5.87. The molecule has 0 aliphatic heterocycles. The Labute approximate surface area is 163 Å². The van der Waals surface area contributed by atoms with Gasteiger partial charge < -0.3 is 4.52 Å². The Bertz CT molecular complexity index is 1300. The number of nitro groups is 1. The molecule has 0 saturated carbocycles. The molecule has 2 aromatic carbocycles. The number of hydrogen-bond donors (Lipinski definition) is 0. The Balaban J connectivity index is 1.91. The summed E-state index contributed by atoms with van der Waals surface area (Å²) in [7, 11) is 3.52. The molecule has 4 aromatic rings.